The van der Waals surface area contributed by atoms with Crippen LogP contribution in [0.5, 0.6) is 5.75 Å². The van der Waals surface area contributed by atoms with Crippen molar-refractivity contribution in [2.75, 3.05) is 6.54 Å². The van der Waals surface area contributed by atoms with E-state index in [2.05, 4.69) is 0 Å². The first kappa shape index (κ1) is 11.0. The molecule has 16 heavy (non-hydrogen) atoms. The van der Waals surface area contributed by atoms with E-state index in [1.165, 1.54) is 0 Å². The number of hydrogen-bond acceptors (Lipinski definition) is 2. The molecule has 86 valence electrons. The Balaban J connectivity index is 2.05. The topological polar surface area (TPSA) is 40.5 Å². The Morgan fingerprint density at radius 1 is 1.25 bits per heavy atom. The van der Waals surface area contributed by atoms with E-state index in [0.29, 0.717) is 13.0 Å². The third-order valence-corrected chi connectivity index (χ3v) is 2.96. The molecule has 1 amide bonds. The molecule has 1 aliphatic rings. The van der Waals surface area contributed by atoms with E-state index < -0.39 is 0 Å². The predicted octanol–water partition coefficient (Wildman–Crippen LogP) is 2.29. The highest BCUT2D eigenvalue weighted by Gasteiger charge is 2.16. The molecule has 0 unspecified atom stereocenters. The molecular formula is C13H17NO2. The Labute approximate surface area is 95.7 Å². The summed E-state index contributed by atoms with van der Waals surface area (Å²) in [6.07, 6.45) is 3.90. The van der Waals surface area contributed by atoms with Crippen LogP contribution in [0.1, 0.15) is 31.2 Å². The van der Waals surface area contributed by atoms with Crippen molar-refractivity contribution in [2.45, 2.75) is 32.2 Å². The zero-order valence-corrected chi connectivity index (χ0v) is 9.35. The van der Waals surface area contributed by atoms with Crippen LogP contribution in [0.2, 0.25) is 0 Å². The summed E-state index contributed by atoms with van der Waals surface area (Å²) in [4.78, 5) is 13.7. The van der Waals surface area contributed by atoms with Crippen molar-refractivity contribution in [3.8, 4) is 5.75 Å². The van der Waals surface area contributed by atoms with Gasteiger partial charge in [-0.2, -0.15) is 0 Å². The van der Waals surface area contributed by atoms with Gasteiger partial charge in [-0.25, -0.2) is 0 Å². The molecule has 1 saturated heterocycles. The number of aromatic hydroxyl groups is 1. The zero-order valence-electron chi connectivity index (χ0n) is 9.35. The highest BCUT2D eigenvalue weighted by Crippen LogP contribution is 2.17. The van der Waals surface area contributed by atoms with E-state index in [1.54, 1.807) is 12.1 Å². The first-order valence-corrected chi connectivity index (χ1v) is 5.81. The third-order valence-electron chi connectivity index (χ3n) is 2.96. The predicted molar refractivity (Wildman–Crippen MR) is 62.0 cm³/mol. The lowest BCUT2D eigenvalue weighted by Crippen LogP contribution is -2.29. The monoisotopic (exact) mass is 219 g/mol. The number of rotatable bonds is 2. The average molecular weight is 219 g/mol. The summed E-state index contributed by atoms with van der Waals surface area (Å²) >= 11 is 0. The zero-order chi connectivity index (χ0) is 11.4. The molecule has 1 N–H and O–H groups in total. The molecule has 0 aromatic heterocycles. The molecule has 1 aliphatic heterocycles. The van der Waals surface area contributed by atoms with Crippen molar-refractivity contribution in [3.05, 3.63) is 29.8 Å². The van der Waals surface area contributed by atoms with Crippen LogP contribution < -0.4 is 0 Å². The lowest BCUT2D eigenvalue weighted by atomic mass is 10.2. The maximum Gasteiger partial charge on any atom is 0.222 e. The summed E-state index contributed by atoms with van der Waals surface area (Å²) < 4.78 is 0. The van der Waals surface area contributed by atoms with Gasteiger partial charge in [-0.3, -0.25) is 4.79 Å². The molecule has 2 rings (SSSR count). The molecule has 1 aromatic carbocycles. The Morgan fingerprint density at radius 3 is 2.94 bits per heavy atom. The minimum atomic E-state index is 0.237. The standard InChI is InChI=1S/C13H17NO2/c15-12-6-4-5-11(9-12)10-14-8-3-1-2-7-13(14)16/h4-6,9,15H,1-3,7-8,10H2. The summed E-state index contributed by atoms with van der Waals surface area (Å²) in [6.45, 7) is 1.46. The first-order chi connectivity index (χ1) is 7.75. The molecule has 0 aliphatic carbocycles. The number of nitrogens with zero attached hydrogens (tertiary/aromatic N) is 1. The van der Waals surface area contributed by atoms with E-state index in [4.69, 9.17) is 0 Å². The van der Waals surface area contributed by atoms with E-state index in [-0.39, 0.29) is 11.7 Å². The Hall–Kier alpha value is -1.51. The second-order valence-electron chi connectivity index (χ2n) is 4.30. The van der Waals surface area contributed by atoms with E-state index in [0.717, 1.165) is 31.4 Å². The number of benzene rings is 1. The molecule has 3 heteroatoms. The molecular weight excluding hydrogens is 202 g/mol. The molecule has 1 heterocycles. The number of phenolic OH excluding ortho intramolecular Hbond substituents is 1. The van der Waals surface area contributed by atoms with Crippen LogP contribution in [0, 0.1) is 0 Å². The van der Waals surface area contributed by atoms with Crippen molar-refractivity contribution in [2.24, 2.45) is 0 Å². The van der Waals surface area contributed by atoms with E-state index >= 15 is 0 Å². The van der Waals surface area contributed by atoms with Crippen LogP contribution in [-0.2, 0) is 11.3 Å². The third kappa shape index (κ3) is 2.75. The van der Waals surface area contributed by atoms with Crippen molar-refractivity contribution < 1.29 is 9.90 Å². The van der Waals surface area contributed by atoms with Gasteiger partial charge in [-0.1, -0.05) is 18.6 Å². The number of carbonyl (C=O) groups is 1. The average Bonchev–Trinajstić information content (AvgIpc) is 2.45. The van der Waals surface area contributed by atoms with Gasteiger partial charge in [0.15, 0.2) is 0 Å². The van der Waals surface area contributed by atoms with Crippen LogP contribution in [0.4, 0.5) is 0 Å². The molecule has 1 fully saturated rings. The lowest BCUT2D eigenvalue weighted by molar-refractivity contribution is -0.131. The first-order valence-electron chi connectivity index (χ1n) is 5.81. The van der Waals surface area contributed by atoms with Crippen LogP contribution in [0.3, 0.4) is 0 Å². The van der Waals surface area contributed by atoms with Gasteiger partial charge in [-0.15, -0.1) is 0 Å². The SMILES string of the molecule is O=C1CCCCCN1Cc1cccc(O)c1. The van der Waals surface area contributed by atoms with Crippen LogP contribution in [0.25, 0.3) is 0 Å². The maximum absolute atomic E-state index is 11.8. The molecule has 0 spiro atoms. The van der Waals surface area contributed by atoms with Crippen LogP contribution >= 0.6 is 0 Å². The van der Waals surface area contributed by atoms with Gasteiger partial charge in [0.1, 0.15) is 5.75 Å². The van der Waals surface area contributed by atoms with Crippen molar-refractivity contribution in [1.29, 1.82) is 0 Å². The second-order valence-corrected chi connectivity index (χ2v) is 4.30. The number of hydrogen-bond donors (Lipinski definition) is 1. The summed E-state index contributed by atoms with van der Waals surface area (Å²) in [6, 6.07) is 7.12. The summed E-state index contributed by atoms with van der Waals surface area (Å²) in [5.41, 5.74) is 0.996. The van der Waals surface area contributed by atoms with E-state index in [1.807, 2.05) is 17.0 Å². The van der Waals surface area contributed by atoms with Gasteiger partial charge >= 0.3 is 0 Å². The normalized spacial score (nSPS) is 17.2. The van der Waals surface area contributed by atoms with Crippen molar-refractivity contribution in [1.82, 2.24) is 4.90 Å². The Morgan fingerprint density at radius 2 is 2.12 bits per heavy atom. The molecule has 0 atom stereocenters. The molecule has 0 bridgehead atoms. The Bertz CT molecular complexity index is 376. The number of phenols is 1. The van der Waals surface area contributed by atoms with Gasteiger partial charge in [0.25, 0.3) is 0 Å². The Kier molecular flexibility index (Phi) is 3.44. The fraction of sp³-hybridized carbons (Fsp3) is 0.462. The number of carbonyl (C=O) groups excluding carboxylic acids is 1. The minimum absolute atomic E-state index is 0.237. The van der Waals surface area contributed by atoms with Gasteiger partial charge in [0.05, 0.1) is 0 Å². The molecule has 1 aromatic rings. The van der Waals surface area contributed by atoms with Crippen molar-refractivity contribution >= 4 is 5.91 Å². The lowest BCUT2D eigenvalue weighted by Gasteiger charge is -2.20. The minimum Gasteiger partial charge on any atom is -0.508 e. The van der Waals surface area contributed by atoms with Gasteiger partial charge in [0.2, 0.25) is 5.91 Å². The maximum atomic E-state index is 11.8. The van der Waals surface area contributed by atoms with Gasteiger partial charge in [-0.05, 0) is 30.5 Å². The second kappa shape index (κ2) is 5.01. The fourth-order valence-corrected chi connectivity index (χ4v) is 2.08. The summed E-state index contributed by atoms with van der Waals surface area (Å²) in [5.74, 6) is 0.501. The highest BCUT2D eigenvalue weighted by atomic mass is 16.3. The van der Waals surface area contributed by atoms with Crippen LogP contribution in [-0.4, -0.2) is 22.5 Å². The molecule has 3 nitrogen and oxygen atoms in total. The number of likely N-dealkylation sites (tertiary alicyclic amines) is 1. The summed E-state index contributed by atoms with van der Waals surface area (Å²) in [5, 5.41) is 9.36. The molecule has 0 saturated carbocycles. The quantitative estimate of drug-likeness (QED) is 0.829. The van der Waals surface area contributed by atoms with Crippen molar-refractivity contribution in [3.63, 3.8) is 0 Å². The van der Waals surface area contributed by atoms with E-state index in [9.17, 15) is 9.90 Å². The van der Waals surface area contributed by atoms with Gasteiger partial charge in [0, 0.05) is 19.5 Å². The summed E-state index contributed by atoms with van der Waals surface area (Å²) in [7, 11) is 0. The highest BCUT2D eigenvalue weighted by molar-refractivity contribution is 5.76. The van der Waals surface area contributed by atoms with Crippen LogP contribution in [0.15, 0.2) is 24.3 Å². The van der Waals surface area contributed by atoms with Gasteiger partial charge < -0.3 is 10.0 Å². The molecule has 0 radical (unpaired) electrons. The number of amides is 1. The smallest absolute Gasteiger partial charge is 0.222 e. The fourth-order valence-electron chi connectivity index (χ4n) is 2.08. The largest absolute Gasteiger partial charge is 0.508 e.